The van der Waals surface area contributed by atoms with Gasteiger partial charge in [0.05, 0.1) is 27.8 Å². The van der Waals surface area contributed by atoms with Crippen molar-refractivity contribution in [2.24, 2.45) is 0 Å². The number of hydrogen-bond donors (Lipinski definition) is 0. The van der Waals surface area contributed by atoms with Gasteiger partial charge in [-0.3, -0.25) is 0 Å². The maximum Gasteiger partial charge on any atom is 0.179 e. The zero-order chi connectivity index (χ0) is 42.2. The summed E-state index contributed by atoms with van der Waals surface area (Å²) in [4.78, 5) is 0. The molecule has 0 fully saturated rings. The molecular formula is C60H40N2OSi. The van der Waals surface area contributed by atoms with Crippen molar-refractivity contribution in [3.8, 4) is 22.5 Å². The van der Waals surface area contributed by atoms with Crippen LogP contribution in [0.1, 0.15) is 0 Å². The Morgan fingerprint density at radius 3 is 1.45 bits per heavy atom. The smallest absolute Gasteiger partial charge is 0.179 e. The van der Waals surface area contributed by atoms with Crippen molar-refractivity contribution in [1.82, 2.24) is 9.13 Å². The van der Waals surface area contributed by atoms with Crippen molar-refractivity contribution in [3.63, 3.8) is 0 Å². The molecular weight excluding hydrogens is 793 g/mol. The number of benzene rings is 10. The van der Waals surface area contributed by atoms with Crippen molar-refractivity contribution in [2.75, 3.05) is 0 Å². The lowest BCUT2D eigenvalue weighted by atomic mass is 10.0. The third-order valence-corrected chi connectivity index (χ3v) is 18.3. The Kier molecular flexibility index (Phi) is 8.23. The maximum atomic E-state index is 6.18. The number of nitrogens with zero attached hydrogens (tertiary/aromatic N) is 2. The fourth-order valence-electron chi connectivity index (χ4n) is 10.7. The molecule has 13 rings (SSSR count). The van der Waals surface area contributed by atoms with Gasteiger partial charge in [0.2, 0.25) is 0 Å². The highest BCUT2D eigenvalue weighted by atomic mass is 28.3. The van der Waals surface area contributed by atoms with Crippen LogP contribution in [0.3, 0.4) is 0 Å². The summed E-state index contributed by atoms with van der Waals surface area (Å²) >= 11 is 0. The van der Waals surface area contributed by atoms with E-state index >= 15 is 0 Å². The zero-order valence-corrected chi connectivity index (χ0v) is 35.9. The van der Waals surface area contributed by atoms with Crippen LogP contribution in [0.2, 0.25) is 0 Å². The lowest BCUT2D eigenvalue weighted by Crippen LogP contribution is -2.74. The van der Waals surface area contributed by atoms with Gasteiger partial charge in [0.25, 0.3) is 0 Å². The van der Waals surface area contributed by atoms with E-state index in [1.807, 2.05) is 12.1 Å². The van der Waals surface area contributed by atoms with Crippen molar-refractivity contribution in [2.45, 2.75) is 0 Å². The Morgan fingerprint density at radius 1 is 0.297 bits per heavy atom. The molecule has 13 aromatic rings. The fraction of sp³-hybridized carbons (Fsp3) is 0. The Labute approximate surface area is 371 Å². The van der Waals surface area contributed by atoms with Gasteiger partial charge in [0.1, 0.15) is 11.2 Å². The number of furan rings is 1. The van der Waals surface area contributed by atoms with Gasteiger partial charge in [-0.15, -0.1) is 0 Å². The maximum absolute atomic E-state index is 6.18. The molecule has 0 saturated heterocycles. The molecule has 3 aromatic heterocycles. The minimum absolute atomic E-state index is 0.910. The molecule has 0 amide bonds. The summed E-state index contributed by atoms with van der Waals surface area (Å²) < 4.78 is 11.1. The molecule has 0 unspecified atom stereocenters. The van der Waals surface area contributed by atoms with E-state index < -0.39 is 8.07 Å². The van der Waals surface area contributed by atoms with Crippen molar-refractivity contribution >= 4 is 94.4 Å². The van der Waals surface area contributed by atoms with Gasteiger partial charge in [-0.05, 0) is 98.6 Å². The Bertz CT molecular complexity index is 3790. The van der Waals surface area contributed by atoms with E-state index in [2.05, 4.69) is 240 Å². The second-order valence-corrected chi connectivity index (χ2v) is 20.6. The number of hydrogen-bond acceptors (Lipinski definition) is 1. The Balaban J connectivity index is 0.993. The van der Waals surface area contributed by atoms with E-state index in [-0.39, 0.29) is 0 Å². The highest BCUT2D eigenvalue weighted by Gasteiger charge is 2.41. The first-order chi connectivity index (χ1) is 31.8. The van der Waals surface area contributed by atoms with Crippen molar-refractivity contribution in [3.05, 3.63) is 243 Å². The topological polar surface area (TPSA) is 23.0 Å². The average molecular weight is 833 g/mol. The molecule has 0 saturated carbocycles. The third-order valence-electron chi connectivity index (χ3n) is 13.5. The normalized spacial score (nSPS) is 12.1. The summed E-state index contributed by atoms with van der Waals surface area (Å²) in [7, 11) is -2.68. The zero-order valence-electron chi connectivity index (χ0n) is 34.9. The van der Waals surface area contributed by atoms with E-state index in [0.717, 1.165) is 33.3 Å². The standard InChI is InChI=1S/C60H40N2OSi/c1-4-17-44(18-5-1)64(45-19-6-2-7-20-45,46-21-8-3-9-22-46)47-35-33-43(34-36-47)61-54-27-14-11-25-50(54)60-56(61)28-16-29-57(60)62-53-26-13-10-23-48(53)51-39-41(31-37-55(51)62)42-32-38-59-52(40-42)49-24-12-15-30-58(49)63-59/h1-40H. The molecule has 0 aliphatic carbocycles. The number of rotatable bonds is 7. The molecule has 0 bridgehead atoms. The van der Waals surface area contributed by atoms with Gasteiger partial charge in [-0.2, -0.15) is 0 Å². The van der Waals surface area contributed by atoms with E-state index in [4.69, 9.17) is 4.42 Å². The summed E-state index contributed by atoms with van der Waals surface area (Å²) in [5.74, 6) is 0. The van der Waals surface area contributed by atoms with Crippen LogP contribution in [0.25, 0.3) is 88.1 Å². The first-order valence-corrected chi connectivity index (χ1v) is 24.0. The van der Waals surface area contributed by atoms with Crippen LogP contribution in [0.15, 0.2) is 247 Å². The quantitative estimate of drug-likeness (QED) is 0.116. The molecule has 0 atom stereocenters. The highest BCUT2D eigenvalue weighted by Crippen LogP contribution is 2.41. The molecule has 0 radical (unpaired) electrons. The predicted molar refractivity (Wildman–Crippen MR) is 271 cm³/mol. The first kappa shape index (κ1) is 36.5. The predicted octanol–water partition coefficient (Wildman–Crippen LogP) is 12.8. The molecule has 10 aromatic carbocycles. The minimum Gasteiger partial charge on any atom is -0.456 e. The Hall–Kier alpha value is -8.18. The molecule has 0 N–H and O–H groups in total. The lowest BCUT2D eigenvalue weighted by molar-refractivity contribution is 0.669. The third kappa shape index (κ3) is 5.39. The van der Waals surface area contributed by atoms with Crippen LogP contribution in [0, 0.1) is 0 Å². The van der Waals surface area contributed by atoms with Crippen LogP contribution >= 0.6 is 0 Å². The van der Waals surface area contributed by atoms with Gasteiger partial charge in [0, 0.05) is 38.0 Å². The summed E-state index contributed by atoms with van der Waals surface area (Å²) in [5.41, 5.74) is 11.2. The highest BCUT2D eigenvalue weighted by molar-refractivity contribution is 7.19. The van der Waals surface area contributed by atoms with E-state index in [1.54, 1.807) is 0 Å². The molecule has 64 heavy (non-hydrogen) atoms. The van der Waals surface area contributed by atoms with Gasteiger partial charge in [0.15, 0.2) is 8.07 Å². The van der Waals surface area contributed by atoms with Gasteiger partial charge < -0.3 is 13.6 Å². The monoisotopic (exact) mass is 832 g/mol. The second-order valence-electron chi connectivity index (χ2n) is 16.8. The first-order valence-electron chi connectivity index (χ1n) is 22.0. The molecule has 4 heteroatoms. The summed E-state index contributed by atoms with van der Waals surface area (Å²) in [6.07, 6.45) is 0. The van der Waals surface area contributed by atoms with Crippen LogP contribution in [-0.4, -0.2) is 17.2 Å². The van der Waals surface area contributed by atoms with Gasteiger partial charge in [-0.1, -0.05) is 176 Å². The summed E-state index contributed by atoms with van der Waals surface area (Å²) in [5, 5.41) is 12.6. The number of aromatic nitrogens is 2. The van der Waals surface area contributed by atoms with Crippen molar-refractivity contribution < 1.29 is 4.42 Å². The largest absolute Gasteiger partial charge is 0.456 e. The van der Waals surface area contributed by atoms with E-state index in [9.17, 15) is 0 Å². The van der Waals surface area contributed by atoms with Gasteiger partial charge >= 0.3 is 0 Å². The fourth-order valence-corrected chi connectivity index (χ4v) is 15.5. The van der Waals surface area contributed by atoms with Crippen LogP contribution in [0.4, 0.5) is 0 Å². The van der Waals surface area contributed by atoms with Crippen molar-refractivity contribution in [1.29, 1.82) is 0 Å². The molecule has 0 aliphatic heterocycles. The van der Waals surface area contributed by atoms with Crippen LogP contribution in [0.5, 0.6) is 0 Å². The van der Waals surface area contributed by atoms with Crippen LogP contribution in [-0.2, 0) is 0 Å². The molecule has 300 valence electrons. The molecule has 3 nitrogen and oxygen atoms in total. The van der Waals surface area contributed by atoms with E-state index in [0.29, 0.717) is 0 Å². The number of fused-ring (bicyclic) bond motifs is 9. The lowest BCUT2D eigenvalue weighted by Gasteiger charge is -2.34. The average Bonchev–Trinajstić information content (AvgIpc) is 4.03. The molecule has 0 aliphatic rings. The van der Waals surface area contributed by atoms with Gasteiger partial charge in [-0.25, -0.2) is 0 Å². The number of para-hydroxylation sites is 3. The summed E-state index contributed by atoms with van der Waals surface area (Å²) in [6, 6.07) is 89.3. The summed E-state index contributed by atoms with van der Waals surface area (Å²) in [6.45, 7) is 0. The Morgan fingerprint density at radius 2 is 0.781 bits per heavy atom. The second kappa shape index (κ2) is 14.5. The van der Waals surface area contributed by atoms with Crippen LogP contribution < -0.4 is 20.7 Å². The molecule has 0 spiro atoms. The molecule has 3 heterocycles. The van der Waals surface area contributed by atoms with E-state index in [1.165, 1.54) is 75.5 Å². The minimum atomic E-state index is -2.68. The SMILES string of the molecule is c1ccc([Si](c2ccccc2)(c2ccccc2)c2ccc(-n3c4ccccc4c4c(-n5c6ccccc6c6cc(-c7ccc8oc9ccccc9c8c7)ccc65)cccc43)cc2)cc1.